The van der Waals surface area contributed by atoms with E-state index in [4.69, 9.17) is 0 Å². The van der Waals surface area contributed by atoms with E-state index in [1.54, 1.807) is 12.1 Å². The Hall–Kier alpha value is -2.43. The first-order valence-electron chi connectivity index (χ1n) is 7.19. The molecule has 1 amide bonds. The van der Waals surface area contributed by atoms with Crippen molar-refractivity contribution in [3.63, 3.8) is 0 Å². The minimum Gasteiger partial charge on any atom is -0.339 e. The molecule has 108 valence electrons. The minimum atomic E-state index is -0.0258. The first-order valence-corrected chi connectivity index (χ1v) is 7.19. The zero-order valence-electron chi connectivity index (χ0n) is 12.0. The second kappa shape index (κ2) is 5.91. The average Bonchev–Trinajstić information content (AvgIpc) is 3.01. The molecule has 1 aromatic heterocycles. The Morgan fingerprint density at radius 3 is 2.62 bits per heavy atom. The predicted octanol–water partition coefficient (Wildman–Crippen LogP) is 2.76. The molecule has 2 heterocycles. The van der Waals surface area contributed by atoms with E-state index in [0.29, 0.717) is 11.5 Å². The summed E-state index contributed by atoms with van der Waals surface area (Å²) in [5.74, 6) is 0.612. The highest BCUT2D eigenvalue weighted by Gasteiger charge is 2.20. The molecule has 1 N–H and O–H groups in total. The van der Waals surface area contributed by atoms with Crippen LogP contribution in [0.1, 0.15) is 28.9 Å². The van der Waals surface area contributed by atoms with E-state index in [-0.39, 0.29) is 5.91 Å². The van der Waals surface area contributed by atoms with E-state index in [2.05, 4.69) is 15.5 Å². The lowest BCUT2D eigenvalue weighted by atomic mass is 10.2. The fraction of sp³-hybridized carbons (Fsp3) is 0.312. The molecule has 0 unspecified atom stereocenters. The van der Waals surface area contributed by atoms with Gasteiger partial charge in [0.15, 0.2) is 11.5 Å². The van der Waals surface area contributed by atoms with Gasteiger partial charge in [0.25, 0.3) is 5.91 Å². The zero-order chi connectivity index (χ0) is 14.7. The summed E-state index contributed by atoms with van der Waals surface area (Å²) in [6.07, 6.45) is 2.15. The van der Waals surface area contributed by atoms with Crippen molar-refractivity contribution in [2.75, 3.05) is 18.4 Å². The third-order valence-corrected chi connectivity index (χ3v) is 3.57. The minimum absolute atomic E-state index is 0.0258. The van der Waals surface area contributed by atoms with Gasteiger partial charge in [0.05, 0.1) is 0 Å². The fourth-order valence-corrected chi connectivity index (χ4v) is 2.47. The molecule has 21 heavy (non-hydrogen) atoms. The van der Waals surface area contributed by atoms with Crippen molar-refractivity contribution in [2.24, 2.45) is 0 Å². The second-order valence-electron chi connectivity index (χ2n) is 5.30. The number of nitrogens with one attached hydrogen (secondary N) is 1. The van der Waals surface area contributed by atoms with Gasteiger partial charge >= 0.3 is 0 Å². The Balaban J connectivity index is 1.70. The molecule has 2 aromatic rings. The molecule has 5 heteroatoms. The van der Waals surface area contributed by atoms with Crippen LogP contribution in [0.15, 0.2) is 36.4 Å². The predicted molar refractivity (Wildman–Crippen MR) is 81.6 cm³/mol. The molecular formula is C16H18N4O. The van der Waals surface area contributed by atoms with E-state index in [9.17, 15) is 4.79 Å². The van der Waals surface area contributed by atoms with Crippen LogP contribution in [-0.4, -0.2) is 34.1 Å². The lowest BCUT2D eigenvalue weighted by Crippen LogP contribution is -2.28. The number of hydrogen-bond acceptors (Lipinski definition) is 4. The molecule has 3 rings (SSSR count). The quantitative estimate of drug-likeness (QED) is 0.940. The zero-order valence-corrected chi connectivity index (χ0v) is 12.0. The lowest BCUT2D eigenvalue weighted by molar-refractivity contribution is 0.0786. The summed E-state index contributed by atoms with van der Waals surface area (Å²) in [7, 11) is 0. The average molecular weight is 282 g/mol. The van der Waals surface area contributed by atoms with Crippen LogP contribution in [0.25, 0.3) is 0 Å². The molecule has 5 nitrogen and oxygen atoms in total. The number of amides is 1. The van der Waals surface area contributed by atoms with Gasteiger partial charge in [-0.25, -0.2) is 0 Å². The fourth-order valence-electron chi connectivity index (χ4n) is 2.47. The topological polar surface area (TPSA) is 58.1 Å². The Labute approximate surface area is 124 Å². The van der Waals surface area contributed by atoms with E-state index >= 15 is 0 Å². The third-order valence-electron chi connectivity index (χ3n) is 3.57. The summed E-state index contributed by atoms with van der Waals surface area (Å²) in [5.41, 5.74) is 2.54. The highest BCUT2D eigenvalue weighted by Crippen LogP contribution is 2.16. The van der Waals surface area contributed by atoms with Crippen LogP contribution in [0.5, 0.6) is 0 Å². The number of likely N-dealkylation sites (tertiary alicyclic amines) is 1. The van der Waals surface area contributed by atoms with Gasteiger partial charge in [-0.05, 0) is 49.6 Å². The second-order valence-corrected chi connectivity index (χ2v) is 5.30. The number of benzene rings is 1. The van der Waals surface area contributed by atoms with Crippen molar-refractivity contribution >= 4 is 17.4 Å². The van der Waals surface area contributed by atoms with Gasteiger partial charge in [0.2, 0.25) is 0 Å². The highest BCUT2D eigenvalue weighted by molar-refractivity contribution is 5.92. The maximum atomic E-state index is 12.2. The maximum Gasteiger partial charge on any atom is 0.274 e. The lowest BCUT2D eigenvalue weighted by Gasteiger charge is -2.14. The van der Waals surface area contributed by atoms with E-state index in [1.165, 1.54) is 5.56 Å². The van der Waals surface area contributed by atoms with Crippen LogP contribution >= 0.6 is 0 Å². The van der Waals surface area contributed by atoms with Crippen LogP contribution in [0, 0.1) is 6.92 Å². The third kappa shape index (κ3) is 3.18. The number of carbonyl (C=O) groups is 1. The highest BCUT2D eigenvalue weighted by atomic mass is 16.2. The van der Waals surface area contributed by atoms with E-state index in [0.717, 1.165) is 31.6 Å². The van der Waals surface area contributed by atoms with Gasteiger partial charge in [-0.15, -0.1) is 10.2 Å². The molecule has 0 aliphatic carbocycles. The first kappa shape index (κ1) is 13.5. The van der Waals surface area contributed by atoms with E-state index < -0.39 is 0 Å². The molecule has 0 atom stereocenters. The number of hydrogen-bond donors (Lipinski definition) is 1. The number of carbonyl (C=O) groups excluding carboxylic acids is 1. The van der Waals surface area contributed by atoms with Gasteiger partial charge in [-0.1, -0.05) is 12.1 Å². The van der Waals surface area contributed by atoms with Crippen molar-refractivity contribution < 1.29 is 4.79 Å². The normalized spacial score (nSPS) is 14.2. The summed E-state index contributed by atoms with van der Waals surface area (Å²) in [5, 5.41) is 11.3. The van der Waals surface area contributed by atoms with Crippen LogP contribution < -0.4 is 5.32 Å². The molecule has 0 saturated carbocycles. The van der Waals surface area contributed by atoms with Crippen molar-refractivity contribution in [1.29, 1.82) is 0 Å². The number of aromatic nitrogens is 2. The van der Waals surface area contributed by atoms with Crippen molar-refractivity contribution in [2.45, 2.75) is 19.8 Å². The molecule has 0 bridgehead atoms. The van der Waals surface area contributed by atoms with Gasteiger partial charge in [0, 0.05) is 18.8 Å². The summed E-state index contributed by atoms with van der Waals surface area (Å²) in [6, 6.07) is 11.5. The summed E-state index contributed by atoms with van der Waals surface area (Å²) < 4.78 is 0. The number of nitrogens with zero attached hydrogens (tertiary/aromatic N) is 3. The van der Waals surface area contributed by atoms with Crippen LogP contribution in [0.4, 0.5) is 11.5 Å². The Morgan fingerprint density at radius 2 is 1.95 bits per heavy atom. The molecular weight excluding hydrogens is 264 g/mol. The van der Waals surface area contributed by atoms with Gasteiger partial charge in [0.1, 0.15) is 0 Å². The summed E-state index contributed by atoms with van der Waals surface area (Å²) in [6.45, 7) is 3.68. The number of anilines is 2. The van der Waals surface area contributed by atoms with Gasteiger partial charge in [-0.3, -0.25) is 4.79 Å². The Kier molecular flexibility index (Phi) is 3.81. The largest absolute Gasteiger partial charge is 0.339 e. The smallest absolute Gasteiger partial charge is 0.274 e. The number of rotatable bonds is 3. The first-order chi connectivity index (χ1) is 10.2. The molecule has 1 aromatic carbocycles. The Morgan fingerprint density at radius 1 is 1.14 bits per heavy atom. The van der Waals surface area contributed by atoms with E-state index in [1.807, 2.05) is 36.1 Å². The molecule has 1 aliphatic rings. The maximum absolute atomic E-state index is 12.2. The monoisotopic (exact) mass is 282 g/mol. The van der Waals surface area contributed by atoms with Crippen LogP contribution in [0.3, 0.4) is 0 Å². The SMILES string of the molecule is Cc1cccc(Nc2ccc(C(=O)N3CCCC3)nn2)c1. The summed E-state index contributed by atoms with van der Waals surface area (Å²) >= 11 is 0. The van der Waals surface area contributed by atoms with Crippen LogP contribution in [0.2, 0.25) is 0 Å². The van der Waals surface area contributed by atoms with Crippen molar-refractivity contribution in [1.82, 2.24) is 15.1 Å². The number of aryl methyl sites for hydroxylation is 1. The molecule has 0 spiro atoms. The molecule has 1 aliphatic heterocycles. The van der Waals surface area contributed by atoms with Gasteiger partial charge in [-0.2, -0.15) is 0 Å². The molecule has 1 fully saturated rings. The van der Waals surface area contributed by atoms with Crippen molar-refractivity contribution in [3.8, 4) is 0 Å². The summed E-state index contributed by atoms with van der Waals surface area (Å²) in [4.78, 5) is 14.0. The van der Waals surface area contributed by atoms with Crippen molar-refractivity contribution in [3.05, 3.63) is 47.7 Å². The Bertz CT molecular complexity index is 633. The molecule has 1 saturated heterocycles. The van der Waals surface area contributed by atoms with Gasteiger partial charge < -0.3 is 10.2 Å². The van der Waals surface area contributed by atoms with Crippen LogP contribution in [-0.2, 0) is 0 Å². The molecule has 0 radical (unpaired) electrons. The standard InChI is InChI=1S/C16H18N4O/c1-12-5-4-6-13(11-12)17-15-8-7-14(18-19-15)16(21)20-9-2-3-10-20/h4-8,11H,2-3,9-10H2,1H3,(H,17,19).